The van der Waals surface area contributed by atoms with Crippen molar-refractivity contribution >= 4 is 51.8 Å². The number of hydrogen-bond donors (Lipinski definition) is 2. The second kappa shape index (κ2) is 7.62. The molecule has 6 nitrogen and oxygen atoms in total. The first kappa shape index (κ1) is 19.3. The highest BCUT2D eigenvalue weighted by Gasteiger charge is 2.42. The van der Waals surface area contributed by atoms with E-state index in [9.17, 15) is 19.5 Å². The van der Waals surface area contributed by atoms with E-state index in [1.807, 2.05) is 26.0 Å². The van der Waals surface area contributed by atoms with Crippen LogP contribution in [0.1, 0.15) is 17.5 Å². The summed E-state index contributed by atoms with van der Waals surface area (Å²) in [6.07, 6.45) is -0.192. The average Bonchev–Trinajstić information content (AvgIpc) is 2.87. The van der Waals surface area contributed by atoms with Gasteiger partial charge in [-0.25, -0.2) is 4.90 Å². The molecule has 2 N–H and O–H groups in total. The van der Waals surface area contributed by atoms with E-state index in [1.54, 1.807) is 6.07 Å². The number of nitrogens with zero attached hydrogens (tertiary/aromatic N) is 1. The van der Waals surface area contributed by atoms with Crippen LogP contribution < -0.4 is 10.2 Å². The average molecular weight is 405 g/mol. The summed E-state index contributed by atoms with van der Waals surface area (Å²) in [5, 5.41) is 11.4. The molecule has 3 rings (SSSR count). The van der Waals surface area contributed by atoms with Gasteiger partial charge in [0.2, 0.25) is 11.8 Å². The van der Waals surface area contributed by atoms with E-state index in [0.29, 0.717) is 10.7 Å². The van der Waals surface area contributed by atoms with Gasteiger partial charge in [-0.15, -0.1) is 0 Å². The predicted molar refractivity (Wildman–Crippen MR) is 107 cm³/mol. The molecule has 0 aromatic heterocycles. The Morgan fingerprint density at radius 1 is 1.22 bits per heavy atom. The summed E-state index contributed by atoms with van der Waals surface area (Å²) < 4.78 is 0. The van der Waals surface area contributed by atoms with Crippen LogP contribution in [0.25, 0.3) is 0 Å². The Morgan fingerprint density at radius 2 is 1.96 bits per heavy atom. The summed E-state index contributed by atoms with van der Waals surface area (Å²) in [5.74, 6) is -1.05. The quantitative estimate of drug-likeness (QED) is 0.743. The van der Waals surface area contributed by atoms with Crippen LogP contribution in [0.5, 0.6) is 5.75 Å². The second-order valence-electron chi connectivity index (χ2n) is 6.25. The molecule has 1 unspecified atom stereocenters. The normalized spacial score (nSPS) is 16.7. The first-order valence-electron chi connectivity index (χ1n) is 8.16. The number of nitrogens with one attached hydrogen (secondary N) is 1. The molecule has 0 saturated carbocycles. The molecule has 1 fully saturated rings. The number of thioether (sulfide) groups is 1. The number of hydrogen-bond acceptors (Lipinski definition) is 5. The largest absolute Gasteiger partial charge is 0.506 e. The molecule has 3 amide bonds. The molecule has 2 aromatic carbocycles. The van der Waals surface area contributed by atoms with E-state index in [0.717, 1.165) is 27.8 Å². The first-order chi connectivity index (χ1) is 12.8. The van der Waals surface area contributed by atoms with E-state index in [4.69, 9.17) is 11.6 Å². The molecule has 0 spiro atoms. The van der Waals surface area contributed by atoms with E-state index < -0.39 is 22.3 Å². The molecule has 1 saturated heterocycles. The highest BCUT2D eigenvalue weighted by atomic mass is 35.5. The zero-order valence-electron chi connectivity index (χ0n) is 14.7. The summed E-state index contributed by atoms with van der Waals surface area (Å²) in [4.78, 5) is 38.5. The Balaban J connectivity index is 1.74. The van der Waals surface area contributed by atoms with Crippen LogP contribution in [0.4, 0.5) is 16.2 Å². The standard InChI is InChI=1S/C19H17ClN2O4S/c1-10-3-4-11(2)14(7-10)22-18(25)16(27-19(22)26)9-17(24)21-13-8-12(20)5-6-15(13)23/h3-8,16,23H,9H2,1-2H3,(H,21,24). The van der Waals surface area contributed by atoms with Crippen molar-refractivity contribution in [2.45, 2.75) is 25.5 Å². The van der Waals surface area contributed by atoms with Crippen molar-refractivity contribution in [3.8, 4) is 5.75 Å². The van der Waals surface area contributed by atoms with Gasteiger partial charge in [0, 0.05) is 11.4 Å². The van der Waals surface area contributed by atoms with Crippen LogP contribution in [-0.4, -0.2) is 27.4 Å². The van der Waals surface area contributed by atoms with Gasteiger partial charge >= 0.3 is 0 Å². The Labute approximate surface area is 165 Å². The maximum Gasteiger partial charge on any atom is 0.293 e. The first-order valence-corrected chi connectivity index (χ1v) is 9.42. The molecule has 140 valence electrons. The molecule has 0 radical (unpaired) electrons. The summed E-state index contributed by atoms with van der Waals surface area (Å²) in [5.41, 5.74) is 2.42. The summed E-state index contributed by atoms with van der Waals surface area (Å²) in [7, 11) is 0. The lowest BCUT2D eigenvalue weighted by Crippen LogP contribution is -2.33. The number of phenols is 1. The van der Waals surface area contributed by atoms with Crippen molar-refractivity contribution in [2.24, 2.45) is 0 Å². The number of phenolic OH excluding ortho intramolecular Hbond substituents is 1. The summed E-state index contributed by atoms with van der Waals surface area (Å²) in [6.45, 7) is 3.70. The van der Waals surface area contributed by atoms with Crippen LogP contribution in [0.3, 0.4) is 0 Å². The highest BCUT2D eigenvalue weighted by molar-refractivity contribution is 8.15. The molecular formula is C19H17ClN2O4S. The van der Waals surface area contributed by atoms with E-state index >= 15 is 0 Å². The number of carbonyl (C=O) groups excluding carboxylic acids is 3. The fourth-order valence-corrected chi connectivity index (χ4v) is 3.89. The predicted octanol–water partition coefficient (Wildman–Crippen LogP) is 4.26. The van der Waals surface area contributed by atoms with Crippen molar-refractivity contribution in [2.75, 3.05) is 10.2 Å². The fourth-order valence-electron chi connectivity index (χ4n) is 2.74. The smallest absolute Gasteiger partial charge is 0.293 e. The van der Waals surface area contributed by atoms with Crippen molar-refractivity contribution < 1.29 is 19.5 Å². The van der Waals surface area contributed by atoms with E-state index in [2.05, 4.69) is 5.32 Å². The monoisotopic (exact) mass is 404 g/mol. The SMILES string of the molecule is Cc1ccc(C)c(N2C(=O)SC(CC(=O)Nc3cc(Cl)ccc3O)C2=O)c1. The number of benzene rings is 2. The van der Waals surface area contributed by atoms with Gasteiger partial charge in [0.1, 0.15) is 11.0 Å². The van der Waals surface area contributed by atoms with Gasteiger partial charge in [0.15, 0.2) is 0 Å². The van der Waals surface area contributed by atoms with Crippen LogP contribution in [0.2, 0.25) is 5.02 Å². The van der Waals surface area contributed by atoms with Crippen molar-refractivity contribution in [3.05, 3.63) is 52.5 Å². The molecule has 1 aliphatic rings. The number of rotatable bonds is 4. The molecule has 8 heteroatoms. The minimum absolute atomic E-state index is 0.133. The van der Waals surface area contributed by atoms with Gasteiger partial charge in [-0.3, -0.25) is 14.4 Å². The maximum absolute atomic E-state index is 12.7. The lowest BCUT2D eigenvalue weighted by Gasteiger charge is -2.17. The third-order valence-corrected chi connectivity index (χ3v) is 5.40. The van der Waals surface area contributed by atoms with Crippen LogP contribution in [0.15, 0.2) is 36.4 Å². The molecule has 1 heterocycles. The number of imide groups is 1. The molecule has 1 aliphatic heterocycles. The molecule has 1 atom stereocenters. The summed E-state index contributed by atoms with van der Waals surface area (Å²) >= 11 is 6.68. The van der Waals surface area contributed by atoms with Gasteiger partial charge in [0.25, 0.3) is 5.24 Å². The van der Waals surface area contributed by atoms with Gasteiger partial charge in [-0.05, 0) is 61.0 Å². The van der Waals surface area contributed by atoms with E-state index in [-0.39, 0.29) is 17.9 Å². The van der Waals surface area contributed by atoms with Crippen molar-refractivity contribution in [1.82, 2.24) is 0 Å². The van der Waals surface area contributed by atoms with Gasteiger partial charge < -0.3 is 10.4 Å². The zero-order chi connectivity index (χ0) is 19.7. The number of aromatic hydroxyl groups is 1. The zero-order valence-corrected chi connectivity index (χ0v) is 16.2. The maximum atomic E-state index is 12.7. The van der Waals surface area contributed by atoms with Crippen molar-refractivity contribution in [3.63, 3.8) is 0 Å². The number of halogens is 1. The minimum atomic E-state index is -0.821. The number of amides is 3. The second-order valence-corrected chi connectivity index (χ2v) is 7.84. The molecule has 0 aliphatic carbocycles. The Bertz CT molecular complexity index is 947. The number of carbonyl (C=O) groups is 3. The number of anilines is 2. The van der Waals surface area contributed by atoms with Crippen molar-refractivity contribution in [1.29, 1.82) is 0 Å². The molecule has 0 bridgehead atoms. The van der Waals surface area contributed by atoms with Crippen LogP contribution in [0, 0.1) is 13.8 Å². The third-order valence-electron chi connectivity index (χ3n) is 4.13. The number of aryl methyl sites for hydroxylation is 2. The van der Waals surface area contributed by atoms with Crippen LogP contribution >= 0.6 is 23.4 Å². The fraction of sp³-hybridized carbons (Fsp3) is 0.211. The molecule has 2 aromatic rings. The lowest BCUT2D eigenvalue weighted by atomic mass is 10.1. The Hall–Kier alpha value is -2.51. The topological polar surface area (TPSA) is 86.7 Å². The highest BCUT2D eigenvalue weighted by Crippen LogP contribution is 2.36. The Morgan fingerprint density at radius 3 is 2.70 bits per heavy atom. The minimum Gasteiger partial charge on any atom is -0.506 e. The Kier molecular flexibility index (Phi) is 5.43. The third kappa shape index (κ3) is 4.09. The van der Waals surface area contributed by atoms with Crippen LogP contribution in [-0.2, 0) is 9.59 Å². The summed E-state index contributed by atoms with van der Waals surface area (Å²) in [6, 6.07) is 9.78. The van der Waals surface area contributed by atoms with Gasteiger partial charge in [-0.2, -0.15) is 0 Å². The lowest BCUT2D eigenvalue weighted by molar-refractivity contribution is -0.121. The molecule has 27 heavy (non-hydrogen) atoms. The molecular weight excluding hydrogens is 388 g/mol. The van der Waals surface area contributed by atoms with Gasteiger partial charge in [-0.1, -0.05) is 23.7 Å². The van der Waals surface area contributed by atoms with Gasteiger partial charge in [0.05, 0.1) is 11.4 Å². The van der Waals surface area contributed by atoms with E-state index in [1.165, 1.54) is 18.2 Å².